The topological polar surface area (TPSA) is 62.7 Å². The summed E-state index contributed by atoms with van der Waals surface area (Å²) in [5.74, 6) is -3.61. The van der Waals surface area contributed by atoms with Crippen LogP contribution in [0.25, 0.3) is 0 Å². The minimum absolute atomic E-state index is 0.0101. The van der Waals surface area contributed by atoms with Gasteiger partial charge in [0.25, 0.3) is 11.8 Å². The molecule has 1 aliphatic heterocycles. The second kappa shape index (κ2) is 9.04. The molecular weight excluding hydrogens is 449 g/mol. The van der Waals surface area contributed by atoms with Crippen molar-refractivity contribution in [3.05, 3.63) is 58.2 Å². The molecule has 0 N–H and O–H groups in total. The SMILES string of the molecule is O=C(c1ccc(F)c(F)c1)N1CCN(C(=O)c2cnc(OCC(F)(F)F)c(Cl)c2)CC1. The zero-order valence-electron chi connectivity index (χ0n) is 15.8. The summed E-state index contributed by atoms with van der Waals surface area (Å²) < 4.78 is 67.6. The number of hydrogen-bond donors (Lipinski definition) is 0. The van der Waals surface area contributed by atoms with Gasteiger partial charge in [-0.25, -0.2) is 13.8 Å². The Labute approximate surface area is 178 Å². The monoisotopic (exact) mass is 463 g/mol. The predicted octanol–water partition coefficient (Wildman–Crippen LogP) is 3.55. The zero-order valence-corrected chi connectivity index (χ0v) is 16.5. The lowest BCUT2D eigenvalue weighted by molar-refractivity contribution is -0.154. The van der Waals surface area contributed by atoms with Crippen molar-refractivity contribution in [1.29, 1.82) is 0 Å². The molecule has 2 heterocycles. The third-order valence-corrected chi connectivity index (χ3v) is 4.72. The predicted molar refractivity (Wildman–Crippen MR) is 99.0 cm³/mol. The molecule has 31 heavy (non-hydrogen) atoms. The first kappa shape index (κ1) is 22.7. The van der Waals surface area contributed by atoms with E-state index in [-0.39, 0.29) is 42.3 Å². The molecule has 0 radical (unpaired) electrons. The van der Waals surface area contributed by atoms with Crippen molar-refractivity contribution in [2.24, 2.45) is 0 Å². The van der Waals surface area contributed by atoms with E-state index in [9.17, 15) is 31.5 Å². The molecule has 0 spiro atoms. The van der Waals surface area contributed by atoms with E-state index in [1.54, 1.807) is 0 Å². The fourth-order valence-electron chi connectivity index (χ4n) is 2.91. The fourth-order valence-corrected chi connectivity index (χ4v) is 3.13. The maximum absolute atomic E-state index is 13.4. The van der Waals surface area contributed by atoms with Crippen molar-refractivity contribution >= 4 is 23.4 Å². The van der Waals surface area contributed by atoms with Gasteiger partial charge < -0.3 is 14.5 Å². The van der Waals surface area contributed by atoms with E-state index in [2.05, 4.69) is 9.72 Å². The zero-order chi connectivity index (χ0) is 22.8. The van der Waals surface area contributed by atoms with E-state index in [1.165, 1.54) is 15.9 Å². The summed E-state index contributed by atoms with van der Waals surface area (Å²) in [6.07, 6.45) is -3.50. The largest absolute Gasteiger partial charge is 0.467 e. The summed E-state index contributed by atoms with van der Waals surface area (Å²) in [5.41, 5.74) is 0.0360. The Morgan fingerprint density at radius 2 is 1.55 bits per heavy atom. The number of alkyl halides is 3. The molecule has 1 saturated heterocycles. The highest BCUT2D eigenvalue weighted by Gasteiger charge is 2.30. The number of carbonyl (C=O) groups is 2. The molecule has 2 aromatic rings. The molecular formula is C19H15ClF5N3O3. The van der Waals surface area contributed by atoms with Gasteiger partial charge in [-0.15, -0.1) is 0 Å². The average molecular weight is 464 g/mol. The van der Waals surface area contributed by atoms with E-state index >= 15 is 0 Å². The van der Waals surface area contributed by atoms with Gasteiger partial charge in [0.2, 0.25) is 5.88 Å². The Hall–Kier alpha value is -2.95. The van der Waals surface area contributed by atoms with Crippen molar-refractivity contribution in [2.45, 2.75) is 6.18 Å². The Bertz CT molecular complexity index is 994. The molecule has 2 amide bonds. The van der Waals surface area contributed by atoms with E-state index in [1.807, 2.05) is 0 Å². The van der Waals surface area contributed by atoms with Crippen LogP contribution < -0.4 is 4.74 Å². The third kappa shape index (κ3) is 5.60. The lowest BCUT2D eigenvalue weighted by Crippen LogP contribution is -2.50. The molecule has 0 saturated carbocycles. The van der Waals surface area contributed by atoms with E-state index in [0.29, 0.717) is 0 Å². The minimum Gasteiger partial charge on any atom is -0.467 e. The third-order valence-electron chi connectivity index (χ3n) is 4.45. The van der Waals surface area contributed by atoms with Crippen molar-refractivity contribution in [3.63, 3.8) is 0 Å². The summed E-state index contributed by atoms with van der Waals surface area (Å²) in [6, 6.07) is 4.00. The molecule has 6 nitrogen and oxygen atoms in total. The highest BCUT2D eigenvalue weighted by molar-refractivity contribution is 6.32. The number of ether oxygens (including phenoxy) is 1. The van der Waals surface area contributed by atoms with Crippen LogP contribution in [0.2, 0.25) is 5.02 Å². The number of benzene rings is 1. The highest BCUT2D eigenvalue weighted by Crippen LogP contribution is 2.25. The van der Waals surface area contributed by atoms with Gasteiger partial charge in [-0.1, -0.05) is 11.6 Å². The van der Waals surface area contributed by atoms with Crippen LogP contribution in [0, 0.1) is 11.6 Å². The second-order valence-corrected chi connectivity index (χ2v) is 7.04. The summed E-state index contributed by atoms with van der Waals surface area (Å²) in [4.78, 5) is 31.5. The second-order valence-electron chi connectivity index (χ2n) is 6.63. The van der Waals surface area contributed by atoms with Gasteiger partial charge in [-0.3, -0.25) is 9.59 Å². The van der Waals surface area contributed by atoms with E-state index in [4.69, 9.17) is 11.6 Å². The van der Waals surface area contributed by atoms with Crippen LogP contribution in [0.1, 0.15) is 20.7 Å². The van der Waals surface area contributed by atoms with Crippen LogP contribution in [0.4, 0.5) is 22.0 Å². The van der Waals surface area contributed by atoms with Gasteiger partial charge in [-0.2, -0.15) is 13.2 Å². The number of carbonyl (C=O) groups excluding carboxylic acids is 2. The first-order valence-electron chi connectivity index (χ1n) is 8.94. The lowest BCUT2D eigenvalue weighted by atomic mass is 10.1. The lowest BCUT2D eigenvalue weighted by Gasteiger charge is -2.34. The van der Waals surface area contributed by atoms with Crippen LogP contribution in [0.15, 0.2) is 30.5 Å². The van der Waals surface area contributed by atoms with Gasteiger partial charge in [0.1, 0.15) is 5.02 Å². The highest BCUT2D eigenvalue weighted by atomic mass is 35.5. The maximum Gasteiger partial charge on any atom is 0.422 e. The quantitative estimate of drug-likeness (QED) is 0.651. The fraction of sp³-hybridized carbons (Fsp3) is 0.316. The number of pyridine rings is 1. The summed E-state index contributed by atoms with van der Waals surface area (Å²) in [6.45, 7) is -0.966. The molecule has 1 aromatic carbocycles. The number of rotatable bonds is 4. The van der Waals surface area contributed by atoms with Crippen LogP contribution in [0.5, 0.6) is 5.88 Å². The molecule has 0 atom stereocenters. The van der Waals surface area contributed by atoms with E-state index < -0.39 is 42.1 Å². The number of amides is 2. The van der Waals surface area contributed by atoms with Crippen LogP contribution in [-0.4, -0.2) is 65.6 Å². The molecule has 0 bridgehead atoms. The normalized spacial score (nSPS) is 14.5. The summed E-state index contributed by atoms with van der Waals surface area (Å²) in [5, 5.41) is -0.248. The van der Waals surface area contributed by atoms with Gasteiger partial charge >= 0.3 is 6.18 Å². The Morgan fingerprint density at radius 3 is 2.06 bits per heavy atom. The van der Waals surface area contributed by atoms with E-state index in [0.717, 1.165) is 24.4 Å². The first-order valence-corrected chi connectivity index (χ1v) is 9.31. The summed E-state index contributed by atoms with van der Waals surface area (Å²) >= 11 is 5.86. The van der Waals surface area contributed by atoms with Gasteiger partial charge in [0.05, 0.1) is 5.56 Å². The Balaban J connectivity index is 1.60. The average Bonchev–Trinajstić information content (AvgIpc) is 2.73. The number of hydrogen-bond acceptors (Lipinski definition) is 4. The molecule has 12 heteroatoms. The maximum atomic E-state index is 13.4. The molecule has 1 fully saturated rings. The number of nitrogens with zero attached hydrogens (tertiary/aromatic N) is 3. The van der Waals surface area contributed by atoms with Crippen LogP contribution in [-0.2, 0) is 0 Å². The smallest absolute Gasteiger partial charge is 0.422 e. The molecule has 166 valence electrons. The molecule has 1 aliphatic rings. The summed E-state index contributed by atoms with van der Waals surface area (Å²) in [7, 11) is 0. The van der Waals surface area contributed by atoms with Crippen LogP contribution >= 0.6 is 11.6 Å². The minimum atomic E-state index is -4.56. The van der Waals surface area contributed by atoms with Crippen LogP contribution in [0.3, 0.4) is 0 Å². The number of aromatic nitrogens is 1. The van der Waals surface area contributed by atoms with Crippen molar-refractivity contribution < 1.29 is 36.3 Å². The molecule has 0 aliphatic carbocycles. The van der Waals surface area contributed by atoms with Gasteiger partial charge in [0.15, 0.2) is 18.2 Å². The standard InChI is InChI=1S/C19H15ClF5N3O3/c20-13-7-12(9-26-16(13)31-10-19(23,24)25)18(30)28-5-3-27(4-6-28)17(29)11-1-2-14(21)15(22)8-11/h1-2,7-9H,3-6,10H2. The van der Waals surface area contributed by atoms with Crippen molar-refractivity contribution in [1.82, 2.24) is 14.8 Å². The Morgan fingerprint density at radius 1 is 0.968 bits per heavy atom. The van der Waals surface area contributed by atoms with Crippen molar-refractivity contribution in [3.8, 4) is 5.88 Å². The van der Waals surface area contributed by atoms with Gasteiger partial charge in [-0.05, 0) is 24.3 Å². The van der Waals surface area contributed by atoms with Gasteiger partial charge in [0, 0.05) is 37.9 Å². The molecule has 3 rings (SSSR count). The van der Waals surface area contributed by atoms with Crippen molar-refractivity contribution in [2.75, 3.05) is 32.8 Å². The molecule has 0 unspecified atom stereocenters. The molecule has 1 aromatic heterocycles. The first-order chi connectivity index (χ1) is 14.5. The number of halogens is 6. The Kier molecular flexibility index (Phi) is 6.63. The number of piperazine rings is 1.